The number of methoxy groups -OCH3 is 1. The van der Waals surface area contributed by atoms with E-state index in [1.165, 1.54) is 11.1 Å². The van der Waals surface area contributed by atoms with Crippen molar-refractivity contribution in [2.24, 2.45) is 7.05 Å². The molecule has 0 aliphatic rings. The summed E-state index contributed by atoms with van der Waals surface area (Å²) in [5.41, 5.74) is 4.56. The average molecular weight is 245 g/mol. The van der Waals surface area contributed by atoms with Crippen LogP contribution < -0.4 is 5.32 Å². The van der Waals surface area contributed by atoms with E-state index >= 15 is 0 Å². The summed E-state index contributed by atoms with van der Waals surface area (Å²) in [7, 11) is 3.65. The predicted octanol–water partition coefficient (Wildman–Crippen LogP) is 2.49. The Balaban J connectivity index is 2.01. The molecule has 0 bridgehead atoms. The van der Waals surface area contributed by atoms with Crippen LogP contribution in [0.15, 0.2) is 30.5 Å². The van der Waals surface area contributed by atoms with Gasteiger partial charge in [-0.15, -0.1) is 0 Å². The number of benzene rings is 1. The summed E-state index contributed by atoms with van der Waals surface area (Å²) < 4.78 is 6.97. The number of aryl methyl sites for hydroxylation is 2. The summed E-state index contributed by atoms with van der Waals surface area (Å²) >= 11 is 0. The second kappa shape index (κ2) is 5.69. The Bertz CT molecular complexity index is 520. The SMILES string of the molecule is COCc1cccc(NCc2cn(C)nc2C)c1. The lowest BCUT2D eigenvalue weighted by Crippen LogP contribution is -2.00. The third-order valence-electron chi connectivity index (χ3n) is 2.84. The zero-order valence-electron chi connectivity index (χ0n) is 11.1. The van der Waals surface area contributed by atoms with Crippen LogP contribution in [0, 0.1) is 6.92 Å². The lowest BCUT2D eigenvalue weighted by molar-refractivity contribution is 0.185. The molecule has 0 amide bonds. The topological polar surface area (TPSA) is 39.1 Å². The van der Waals surface area contributed by atoms with E-state index in [0.29, 0.717) is 6.61 Å². The first-order chi connectivity index (χ1) is 8.69. The predicted molar refractivity (Wildman–Crippen MR) is 72.4 cm³/mol. The van der Waals surface area contributed by atoms with Crippen molar-refractivity contribution in [3.63, 3.8) is 0 Å². The van der Waals surface area contributed by atoms with Crippen LogP contribution in [0.1, 0.15) is 16.8 Å². The summed E-state index contributed by atoms with van der Waals surface area (Å²) in [6, 6.07) is 8.26. The summed E-state index contributed by atoms with van der Waals surface area (Å²) in [6.45, 7) is 3.45. The summed E-state index contributed by atoms with van der Waals surface area (Å²) in [5, 5.41) is 7.73. The van der Waals surface area contributed by atoms with Gasteiger partial charge >= 0.3 is 0 Å². The highest BCUT2D eigenvalue weighted by Crippen LogP contribution is 2.13. The fraction of sp³-hybridized carbons (Fsp3) is 0.357. The highest BCUT2D eigenvalue weighted by Gasteiger charge is 2.02. The molecule has 1 N–H and O–H groups in total. The van der Waals surface area contributed by atoms with E-state index in [4.69, 9.17) is 4.74 Å². The Morgan fingerprint density at radius 2 is 2.22 bits per heavy atom. The highest BCUT2D eigenvalue weighted by atomic mass is 16.5. The first-order valence-electron chi connectivity index (χ1n) is 6.00. The molecule has 0 aliphatic heterocycles. The molecule has 18 heavy (non-hydrogen) atoms. The van der Waals surface area contributed by atoms with Crippen LogP contribution in [0.3, 0.4) is 0 Å². The first-order valence-corrected chi connectivity index (χ1v) is 6.00. The van der Waals surface area contributed by atoms with Gasteiger partial charge < -0.3 is 10.1 Å². The zero-order chi connectivity index (χ0) is 13.0. The lowest BCUT2D eigenvalue weighted by Gasteiger charge is -2.07. The maximum Gasteiger partial charge on any atom is 0.0713 e. The van der Waals surface area contributed by atoms with Gasteiger partial charge in [-0.1, -0.05) is 12.1 Å². The van der Waals surface area contributed by atoms with Gasteiger partial charge in [0.05, 0.1) is 12.3 Å². The Hall–Kier alpha value is -1.81. The van der Waals surface area contributed by atoms with Crippen molar-refractivity contribution in [1.29, 1.82) is 0 Å². The standard InChI is InChI=1S/C14H19N3O/c1-11-13(9-17(2)16-11)8-15-14-6-4-5-12(7-14)10-18-3/h4-7,9,15H,8,10H2,1-3H3. The number of nitrogens with one attached hydrogen (secondary N) is 1. The molecule has 0 radical (unpaired) electrons. The molecule has 0 spiro atoms. The maximum absolute atomic E-state index is 5.13. The minimum atomic E-state index is 0.640. The third-order valence-corrected chi connectivity index (χ3v) is 2.84. The van der Waals surface area contributed by atoms with E-state index in [-0.39, 0.29) is 0 Å². The number of hydrogen-bond donors (Lipinski definition) is 1. The quantitative estimate of drug-likeness (QED) is 0.879. The highest BCUT2D eigenvalue weighted by molar-refractivity contribution is 5.46. The normalized spacial score (nSPS) is 10.6. The van der Waals surface area contributed by atoms with Gasteiger partial charge in [0.25, 0.3) is 0 Å². The molecular weight excluding hydrogens is 226 g/mol. The molecule has 96 valence electrons. The molecule has 0 saturated carbocycles. The summed E-state index contributed by atoms with van der Waals surface area (Å²) in [4.78, 5) is 0. The number of hydrogen-bond acceptors (Lipinski definition) is 3. The summed E-state index contributed by atoms with van der Waals surface area (Å²) in [6.07, 6.45) is 2.04. The monoisotopic (exact) mass is 245 g/mol. The van der Waals surface area contributed by atoms with Gasteiger partial charge in [0, 0.05) is 38.1 Å². The Morgan fingerprint density at radius 3 is 2.89 bits per heavy atom. The van der Waals surface area contributed by atoms with Gasteiger partial charge in [-0.3, -0.25) is 4.68 Å². The molecule has 1 aromatic carbocycles. The zero-order valence-corrected chi connectivity index (χ0v) is 11.1. The number of ether oxygens (including phenoxy) is 1. The lowest BCUT2D eigenvalue weighted by atomic mass is 10.2. The molecule has 2 rings (SSSR count). The number of aromatic nitrogens is 2. The largest absolute Gasteiger partial charge is 0.381 e. The molecule has 4 nitrogen and oxygen atoms in total. The second-order valence-corrected chi connectivity index (χ2v) is 4.40. The minimum Gasteiger partial charge on any atom is -0.381 e. The fourth-order valence-corrected chi connectivity index (χ4v) is 1.96. The van der Waals surface area contributed by atoms with Gasteiger partial charge in [0.1, 0.15) is 0 Å². The van der Waals surface area contributed by atoms with E-state index < -0.39 is 0 Å². The Kier molecular flexibility index (Phi) is 3.99. The second-order valence-electron chi connectivity index (χ2n) is 4.40. The van der Waals surface area contributed by atoms with Crippen molar-refractivity contribution in [3.8, 4) is 0 Å². The van der Waals surface area contributed by atoms with Crippen LogP contribution in [-0.2, 0) is 24.9 Å². The molecular formula is C14H19N3O. The molecule has 1 heterocycles. The molecule has 0 unspecified atom stereocenters. The van der Waals surface area contributed by atoms with Crippen LogP contribution in [0.2, 0.25) is 0 Å². The van der Waals surface area contributed by atoms with Gasteiger partial charge in [-0.25, -0.2) is 0 Å². The van der Waals surface area contributed by atoms with Crippen molar-refractivity contribution < 1.29 is 4.74 Å². The molecule has 0 atom stereocenters. The molecule has 2 aromatic rings. The Morgan fingerprint density at radius 1 is 1.39 bits per heavy atom. The molecule has 4 heteroatoms. The molecule has 0 saturated heterocycles. The van der Waals surface area contributed by atoms with E-state index in [0.717, 1.165) is 17.9 Å². The molecule has 0 aliphatic carbocycles. The van der Waals surface area contributed by atoms with E-state index in [1.54, 1.807) is 7.11 Å². The van der Waals surface area contributed by atoms with Crippen LogP contribution in [0.25, 0.3) is 0 Å². The van der Waals surface area contributed by atoms with Crippen molar-refractivity contribution in [2.75, 3.05) is 12.4 Å². The van der Waals surface area contributed by atoms with E-state index in [9.17, 15) is 0 Å². The number of nitrogens with zero attached hydrogens (tertiary/aromatic N) is 2. The van der Waals surface area contributed by atoms with Gasteiger partial charge in [-0.2, -0.15) is 5.10 Å². The van der Waals surface area contributed by atoms with E-state index in [1.807, 2.05) is 30.9 Å². The van der Waals surface area contributed by atoms with Crippen LogP contribution >= 0.6 is 0 Å². The van der Waals surface area contributed by atoms with Gasteiger partial charge in [0.2, 0.25) is 0 Å². The van der Waals surface area contributed by atoms with Crippen molar-refractivity contribution >= 4 is 5.69 Å². The van der Waals surface area contributed by atoms with Crippen molar-refractivity contribution in [1.82, 2.24) is 9.78 Å². The van der Waals surface area contributed by atoms with Crippen LogP contribution in [0.4, 0.5) is 5.69 Å². The maximum atomic E-state index is 5.13. The Labute approximate surface area is 108 Å². The minimum absolute atomic E-state index is 0.640. The molecule has 0 fully saturated rings. The average Bonchev–Trinajstić information content (AvgIpc) is 2.66. The van der Waals surface area contributed by atoms with Crippen molar-refractivity contribution in [3.05, 3.63) is 47.3 Å². The molecule has 1 aromatic heterocycles. The number of rotatable bonds is 5. The summed E-state index contributed by atoms with van der Waals surface area (Å²) in [5.74, 6) is 0. The van der Waals surface area contributed by atoms with Gasteiger partial charge in [-0.05, 0) is 24.6 Å². The van der Waals surface area contributed by atoms with Crippen LogP contribution in [-0.4, -0.2) is 16.9 Å². The van der Waals surface area contributed by atoms with E-state index in [2.05, 4.69) is 28.6 Å². The van der Waals surface area contributed by atoms with Crippen LogP contribution in [0.5, 0.6) is 0 Å². The third kappa shape index (κ3) is 3.11. The van der Waals surface area contributed by atoms with Gasteiger partial charge in [0.15, 0.2) is 0 Å². The number of anilines is 1. The fourth-order valence-electron chi connectivity index (χ4n) is 1.96. The first kappa shape index (κ1) is 12.6. The van der Waals surface area contributed by atoms with Crippen molar-refractivity contribution in [2.45, 2.75) is 20.1 Å². The smallest absolute Gasteiger partial charge is 0.0713 e.